The summed E-state index contributed by atoms with van der Waals surface area (Å²) in [5.41, 5.74) is 5.31. The third kappa shape index (κ3) is 6.81. The number of hydrogen-bond donors (Lipinski definition) is 2. The van der Waals surface area contributed by atoms with E-state index >= 15 is 0 Å². The normalized spacial score (nSPS) is 14.9. The zero-order chi connectivity index (χ0) is 26.9. The van der Waals surface area contributed by atoms with Crippen LogP contribution in [0.5, 0.6) is 5.75 Å². The molecule has 3 aromatic rings. The first-order valence-electron chi connectivity index (χ1n) is 13.6. The molecule has 4 rings (SSSR count). The minimum Gasteiger partial charge on any atom is -0.494 e. The van der Waals surface area contributed by atoms with Crippen molar-refractivity contribution < 1.29 is 23.9 Å². The number of carbonyl (C=O) groups excluding carboxylic acids is 1. The maximum atomic E-state index is 13.0. The highest BCUT2D eigenvalue weighted by atomic mass is 16.5. The maximum absolute atomic E-state index is 13.0. The van der Waals surface area contributed by atoms with Gasteiger partial charge in [0.2, 0.25) is 5.91 Å². The van der Waals surface area contributed by atoms with E-state index in [1.165, 1.54) is 0 Å². The highest BCUT2D eigenvalue weighted by Gasteiger charge is 2.25. The summed E-state index contributed by atoms with van der Waals surface area (Å²) in [7, 11) is 0. The second kappa shape index (κ2) is 13.6. The number of ether oxygens (including phenoxy) is 2. The summed E-state index contributed by atoms with van der Waals surface area (Å²) in [6.45, 7) is 9.12. The number of aryl methyl sites for hydroxylation is 2. The van der Waals surface area contributed by atoms with E-state index < -0.39 is 17.5 Å². The van der Waals surface area contributed by atoms with Gasteiger partial charge in [0.25, 0.3) is 0 Å². The van der Waals surface area contributed by atoms with Crippen LogP contribution in [0.2, 0.25) is 0 Å². The van der Waals surface area contributed by atoms with Crippen molar-refractivity contribution >= 4 is 16.9 Å². The summed E-state index contributed by atoms with van der Waals surface area (Å²) < 4.78 is 17.1. The van der Waals surface area contributed by atoms with E-state index in [4.69, 9.17) is 13.9 Å². The Balaban J connectivity index is 1.49. The second-order valence-corrected chi connectivity index (χ2v) is 9.73. The Bertz CT molecular complexity index is 1280. The van der Waals surface area contributed by atoms with Crippen LogP contribution < -0.4 is 15.8 Å². The first kappa shape index (κ1) is 27.8. The highest BCUT2D eigenvalue weighted by molar-refractivity contribution is 5.85. The first-order valence-corrected chi connectivity index (χ1v) is 13.6. The molecule has 8 heteroatoms. The van der Waals surface area contributed by atoms with Gasteiger partial charge in [-0.05, 0) is 67.0 Å². The van der Waals surface area contributed by atoms with E-state index in [1.54, 1.807) is 5.48 Å². The minimum absolute atomic E-state index is 0.163. The van der Waals surface area contributed by atoms with Crippen molar-refractivity contribution in [3.63, 3.8) is 0 Å². The van der Waals surface area contributed by atoms with Gasteiger partial charge in [0.1, 0.15) is 11.3 Å². The van der Waals surface area contributed by atoms with Gasteiger partial charge in [0, 0.05) is 36.5 Å². The van der Waals surface area contributed by atoms with Gasteiger partial charge in [-0.3, -0.25) is 14.9 Å². The van der Waals surface area contributed by atoms with Gasteiger partial charge in [-0.25, -0.2) is 10.3 Å². The molecule has 1 atom stereocenters. The van der Waals surface area contributed by atoms with Gasteiger partial charge in [-0.15, -0.1) is 0 Å². The molecule has 1 aromatic heterocycles. The maximum Gasteiger partial charge on any atom is 0.339 e. The smallest absolute Gasteiger partial charge is 0.339 e. The van der Waals surface area contributed by atoms with Gasteiger partial charge in [-0.1, -0.05) is 38.1 Å². The fourth-order valence-corrected chi connectivity index (χ4v) is 5.28. The Hall–Kier alpha value is -3.20. The Labute approximate surface area is 223 Å². The van der Waals surface area contributed by atoms with Crippen molar-refractivity contribution in [2.45, 2.75) is 46.0 Å². The molecule has 0 aliphatic carbocycles. The van der Waals surface area contributed by atoms with Gasteiger partial charge in [0.05, 0.1) is 19.8 Å². The minimum atomic E-state index is -0.656. The summed E-state index contributed by atoms with van der Waals surface area (Å²) >= 11 is 0. The lowest BCUT2D eigenvalue weighted by Gasteiger charge is -2.26. The van der Waals surface area contributed by atoms with Crippen LogP contribution in [-0.2, 0) is 35.2 Å². The SMILES string of the molecule is CCc1cccc2oc(=O)c(CC(Cc3cccc(OCCCN4CCOCC4)c3)C(=O)NO)c(CC)c12. The van der Waals surface area contributed by atoms with E-state index in [0.717, 1.165) is 73.5 Å². The molecule has 0 radical (unpaired) electrons. The van der Waals surface area contributed by atoms with Crippen molar-refractivity contribution in [2.75, 3.05) is 39.5 Å². The largest absolute Gasteiger partial charge is 0.494 e. The quantitative estimate of drug-likeness (QED) is 0.161. The molecule has 1 aliphatic rings. The van der Waals surface area contributed by atoms with Crippen LogP contribution in [0, 0.1) is 5.92 Å². The van der Waals surface area contributed by atoms with Gasteiger partial charge < -0.3 is 13.9 Å². The van der Waals surface area contributed by atoms with E-state index in [2.05, 4.69) is 11.8 Å². The van der Waals surface area contributed by atoms with Crippen molar-refractivity contribution in [3.05, 3.63) is 75.1 Å². The summed E-state index contributed by atoms with van der Waals surface area (Å²) in [5, 5.41) is 10.4. The van der Waals surface area contributed by atoms with Gasteiger partial charge in [0.15, 0.2) is 0 Å². The molecule has 8 nitrogen and oxygen atoms in total. The molecule has 1 unspecified atom stereocenters. The Morgan fingerprint density at radius 2 is 1.87 bits per heavy atom. The molecule has 2 heterocycles. The number of hydrogen-bond acceptors (Lipinski definition) is 7. The van der Waals surface area contributed by atoms with Crippen molar-refractivity contribution in [1.29, 1.82) is 0 Å². The lowest BCUT2D eigenvalue weighted by atomic mass is 9.88. The number of hydroxylamine groups is 1. The van der Waals surface area contributed by atoms with Crippen LogP contribution in [0.25, 0.3) is 11.0 Å². The van der Waals surface area contributed by atoms with Gasteiger partial charge in [-0.2, -0.15) is 0 Å². The van der Waals surface area contributed by atoms with Crippen molar-refractivity contribution in [2.24, 2.45) is 5.92 Å². The summed E-state index contributed by atoms with van der Waals surface area (Å²) in [5.74, 6) is -0.456. The van der Waals surface area contributed by atoms with E-state index in [0.29, 0.717) is 30.6 Å². The van der Waals surface area contributed by atoms with Crippen molar-refractivity contribution in [1.82, 2.24) is 10.4 Å². The third-order valence-corrected chi connectivity index (χ3v) is 7.27. The van der Waals surface area contributed by atoms with E-state index in [1.807, 2.05) is 49.4 Å². The van der Waals surface area contributed by atoms with E-state index in [9.17, 15) is 14.8 Å². The average molecular weight is 523 g/mol. The number of morpholine rings is 1. The van der Waals surface area contributed by atoms with Crippen LogP contribution >= 0.6 is 0 Å². The first-order chi connectivity index (χ1) is 18.5. The standard InChI is InChI=1S/C30H38N2O6/c1-3-22-9-6-11-27-28(22)25(4-2)26(30(34)38-27)20-23(29(33)31-35)18-21-8-5-10-24(19-21)37-15-7-12-32-13-16-36-17-14-32/h5-6,8-11,19,23,35H,3-4,7,12-18,20H2,1-2H3,(H,31,33). The molecule has 1 aliphatic heterocycles. The Kier molecular flexibility index (Phi) is 9.92. The topological polar surface area (TPSA) is 101 Å². The monoisotopic (exact) mass is 522 g/mol. The van der Waals surface area contributed by atoms with Crippen molar-refractivity contribution in [3.8, 4) is 5.75 Å². The average Bonchev–Trinajstić information content (AvgIpc) is 2.95. The molecule has 0 spiro atoms. The number of nitrogens with zero attached hydrogens (tertiary/aromatic N) is 1. The molecular formula is C30H38N2O6. The fraction of sp³-hybridized carbons (Fsp3) is 0.467. The predicted octanol–water partition coefficient (Wildman–Crippen LogP) is 3.93. The lowest BCUT2D eigenvalue weighted by molar-refractivity contribution is -0.133. The van der Waals surface area contributed by atoms with E-state index in [-0.39, 0.29) is 6.42 Å². The van der Waals surface area contributed by atoms with Crippen LogP contribution in [0.1, 0.15) is 42.5 Å². The summed E-state index contributed by atoms with van der Waals surface area (Å²) in [4.78, 5) is 28.1. The molecule has 1 saturated heterocycles. The number of fused-ring (bicyclic) bond motifs is 1. The molecule has 2 aromatic carbocycles. The highest BCUT2D eigenvalue weighted by Crippen LogP contribution is 2.27. The summed E-state index contributed by atoms with van der Waals surface area (Å²) in [6, 6.07) is 13.4. The number of nitrogens with one attached hydrogen (secondary N) is 1. The van der Waals surface area contributed by atoms with Crippen LogP contribution in [-0.4, -0.2) is 55.5 Å². The molecule has 2 N–H and O–H groups in total. The zero-order valence-corrected chi connectivity index (χ0v) is 22.3. The second-order valence-electron chi connectivity index (χ2n) is 9.73. The number of benzene rings is 2. The lowest BCUT2D eigenvalue weighted by Crippen LogP contribution is -2.37. The molecule has 1 fully saturated rings. The van der Waals surface area contributed by atoms with Gasteiger partial charge >= 0.3 is 5.63 Å². The number of carbonyl (C=O) groups is 1. The molecule has 0 bridgehead atoms. The molecule has 0 saturated carbocycles. The Morgan fingerprint density at radius 1 is 1.08 bits per heavy atom. The molecular weight excluding hydrogens is 484 g/mol. The number of rotatable bonds is 12. The predicted molar refractivity (Wildman–Crippen MR) is 146 cm³/mol. The molecule has 38 heavy (non-hydrogen) atoms. The Morgan fingerprint density at radius 3 is 2.61 bits per heavy atom. The third-order valence-electron chi connectivity index (χ3n) is 7.27. The fourth-order valence-electron chi connectivity index (χ4n) is 5.28. The molecule has 1 amide bonds. The van der Waals surface area contributed by atoms with Crippen LogP contribution in [0.15, 0.2) is 51.7 Å². The van der Waals surface area contributed by atoms with Crippen LogP contribution in [0.3, 0.4) is 0 Å². The summed E-state index contributed by atoms with van der Waals surface area (Å²) in [6.07, 6.45) is 2.86. The molecule has 204 valence electrons. The zero-order valence-electron chi connectivity index (χ0n) is 22.3. The van der Waals surface area contributed by atoms with Crippen LogP contribution in [0.4, 0.5) is 0 Å². The number of amides is 1.